The lowest BCUT2D eigenvalue weighted by molar-refractivity contribution is 0.397. The Morgan fingerprint density at radius 2 is 1.26 bits per heavy atom. The lowest BCUT2D eigenvalue weighted by atomic mass is 9.94. The maximum Gasteiger partial charge on any atom is 0.217 e. The summed E-state index contributed by atoms with van der Waals surface area (Å²) in [5, 5.41) is 34.5. The summed E-state index contributed by atoms with van der Waals surface area (Å²) >= 11 is 0. The fourth-order valence-electron chi connectivity index (χ4n) is 3.89. The number of hydrogen-bond donors (Lipinski definition) is 3. The minimum absolute atomic E-state index is 0.0162. The second-order valence-corrected chi connectivity index (χ2v) is 7.17. The van der Waals surface area contributed by atoms with E-state index in [0.29, 0.717) is 5.69 Å². The average Bonchev–Trinajstić information content (AvgIpc) is 2.76. The highest BCUT2D eigenvalue weighted by molar-refractivity contribution is 6.12. The van der Waals surface area contributed by atoms with Crippen LogP contribution in [-0.4, -0.2) is 32.4 Å². The van der Waals surface area contributed by atoms with Crippen LogP contribution in [0.1, 0.15) is 0 Å². The highest BCUT2D eigenvalue weighted by Gasteiger charge is 2.19. The summed E-state index contributed by atoms with van der Waals surface area (Å²) in [7, 11) is 1.49. The molecule has 0 spiro atoms. The van der Waals surface area contributed by atoms with Gasteiger partial charge in [-0.15, -0.1) is 0 Å². The van der Waals surface area contributed by atoms with Gasteiger partial charge in [-0.05, 0) is 27.6 Å². The number of hydrogen-bond acceptors (Lipinski definition) is 6. The zero-order valence-corrected chi connectivity index (χ0v) is 16.6. The van der Waals surface area contributed by atoms with E-state index in [1.807, 2.05) is 48.5 Å². The van der Waals surface area contributed by atoms with Crippen molar-refractivity contribution in [3.05, 3.63) is 72.8 Å². The predicted molar refractivity (Wildman–Crippen MR) is 119 cm³/mol. The summed E-state index contributed by atoms with van der Waals surface area (Å²) in [5.41, 5.74) is 1.50. The van der Waals surface area contributed by atoms with E-state index in [1.165, 1.54) is 7.11 Å². The largest absolute Gasteiger partial charge is 0.508 e. The number of aromatic nitrogens is 2. The molecule has 152 valence electrons. The van der Waals surface area contributed by atoms with Crippen molar-refractivity contribution in [3.8, 4) is 45.8 Å². The van der Waals surface area contributed by atoms with E-state index >= 15 is 0 Å². The van der Waals surface area contributed by atoms with Gasteiger partial charge in [0.25, 0.3) is 0 Å². The van der Waals surface area contributed by atoms with Gasteiger partial charge in [-0.2, -0.15) is 4.98 Å². The molecule has 0 aliphatic rings. The van der Waals surface area contributed by atoms with Crippen molar-refractivity contribution in [1.29, 1.82) is 0 Å². The zero-order chi connectivity index (χ0) is 21.5. The minimum Gasteiger partial charge on any atom is -0.508 e. The van der Waals surface area contributed by atoms with Gasteiger partial charge >= 0.3 is 0 Å². The Morgan fingerprint density at radius 1 is 0.677 bits per heavy atom. The van der Waals surface area contributed by atoms with E-state index in [-0.39, 0.29) is 34.5 Å². The molecule has 0 aliphatic heterocycles. The molecule has 0 saturated carbocycles. The molecule has 0 bridgehead atoms. The molecule has 0 saturated heterocycles. The van der Waals surface area contributed by atoms with E-state index in [4.69, 9.17) is 4.74 Å². The van der Waals surface area contributed by atoms with Crippen LogP contribution in [0.2, 0.25) is 0 Å². The summed E-state index contributed by atoms with van der Waals surface area (Å²) < 4.78 is 5.40. The summed E-state index contributed by atoms with van der Waals surface area (Å²) in [5.74, 6) is -0.564. The maximum absolute atomic E-state index is 10.4. The molecule has 3 N–H and O–H groups in total. The van der Waals surface area contributed by atoms with Gasteiger partial charge in [0.05, 0.1) is 12.8 Å². The van der Waals surface area contributed by atoms with Crippen LogP contribution in [0.15, 0.2) is 72.8 Å². The number of benzene rings is 4. The fraction of sp³-hybridized carbons (Fsp3) is 0.0400. The third-order valence-corrected chi connectivity index (χ3v) is 5.24. The van der Waals surface area contributed by atoms with Crippen molar-refractivity contribution in [2.24, 2.45) is 0 Å². The number of methoxy groups -OCH3 is 1. The average molecular weight is 410 g/mol. The molecule has 0 fully saturated rings. The van der Waals surface area contributed by atoms with Crippen LogP contribution in [0.25, 0.3) is 44.2 Å². The van der Waals surface area contributed by atoms with Crippen LogP contribution in [0, 0.1) is 0 Å². The third-order valence-electron chi connectivity index (χ3n) is 5.24. The lowest BCUT2D eigenvalue weighted by Gasteiger charge is -2.14. The van der Waals surface area contributed by atoms with E-state index in [1.54, 1.807) is 6.07 Å². The Labute approximate surface area is 177 Å². The smallest absolute Gasteiger partial charge is 0.217 e. The van der Waals surface area contributed by atoms with Crippen molar-refractivity contribution in [2.75, 3.05) is 7.11 Å². The van der Waals surface area contributed by atoms with Crippen molar-refractivity contribution in [2.45, 2.75) is 0 Å². The highest BCUT2D eigenvalue weighted by Crippen LogP contribution is 2.41. The number of phenolic OH excluding ortho intramolecular Hbond substituents is 3. The number of nitrogens with zero attached hydrogens (tertiary/aromatic N) is 2. The van der Waals surface area contributed by atoms with Crippen LogP contribution in [0.3, 0.4) is 0 Å². The molecule has 1 heterocycles. The van der Waals surface area contributed by atoms with Gasteiger partial charge in [-0.3, -0.25) is 0 Å². The molecule has 0 unspecified atom stereocenters. The number of aromatic hydroxyl groups is 3. The van der Waals surface area contributed by atoms with Gasteiger partial charge in [0, 0.05) is 23.8 Å². The SMILES string of the molecule is COc1cc(-c2c3ccccc3cc3ccccc23)nc(-c2c(O)cc(O)cc2O)n1. The fourth-order valence-corrected chi connectivity index (χ4v) is 3.89. The second kappa shape index (κ2) is 7.18. The topological polar surface area (TPSA) is 95.7 Å². The van der Waals surface area contributed by atoms with Gasteiger partial charge in [-0.25, -0.2) is 4.98 Å². The molecule has 5 aromatic rings. The van der Waals surface area contributed by atoms with Gasteiger partial charge in [0.15, 0.2) is 5.82 Å². The molecule has 0 atom stereocenters. The first kappa shape index (κ1) is 18.7. The minimum atomic E-state index is -0.334. The maximum atomic E-state index is 10.4. The second-order valence-electron chi connectivity index (χ2n) is 7.17. The number of ether oxygens (including phenoxy) is 1. The monoisotopic (exact) mass is 410 g/mol. The Bertz CT molecular complexity index is 1390. The van der Waals surface area contributed by atoms with Crippen molar-refractivity contribution < 1.29 is 20.1 Å². The van der Waals surface area contributed by atoms with Crippen molar-refractivity contribution in [1.82, 2.24) is 9.97 Å². The van der Waals surface area contributed by atoms with E-state index in [2.05, 4.69) is 16.0 Å². The zero-order valence-electron chi connectivity index (χ0n) is 16.6. The van der Waals surface area contributed by atoms with Crippen molar-refractivity contribution in [3.63, 3.8) is 0 Å². The van der Waals surface area contributed by atoms with Crippen LogP contribution in [0.4, 0.5) is 0 Å². The van der Waals surface area contributed by atoms with Crippen LogP contribution < -0.4 is 4.74 Å². The molecular formula is C25H18N2O4. The lowest BCUT2D eigenvalue weighted by Crippen LogP contribution is -1.98. The molecular weight excluding hydrogens is 392 g/mol. The first-order valence-corrected chi connectivity index (χ1v) is 9.64. The summed E-state index contributed by atoms with van der Waals surface area (Å²) in [6.45, 7) is 0. The quantitative estimate of drug-likeness (QED) is 0.352. The van der Waals surface area contributed by atoms with E-state index in [9.17, 15) is 15.3 Å². The molecule has 6 nitrogen and oxygen atoms in total. The Kier molecular flexibility index (Phi) is 4.33. The number of rotatable bonds is 3. The molecule has 0 radical (unpaired) electrons. The Morgan fingerprint density at radius 3 is 1.84 bits per heavy atom. The molecule has 5 rings (SSSR count). The molecule has 0 aliphatic carbocycles. The highest BCUT2D eigenvalue weighted by atomic mass is 16.5. The molecule has 1 aromatic heterocycles. The number of phenols is 3. The number of fused-ring (bicyclic) bond motifs is 2. The normalized spacial score (nSPS) is 11.1. The van der Waals surface area contributed by atoms with Gasteiger partial charge in [-0.1, -0.05) is 48.5 Å². The van der Waals surface area contributed by atoms with Crippen LogP contribution >= 0.6 is 0 Å². The molecule has 0 amide bonds. The van der Waals surface area contributed by atoms with Crippen LogP contribution in [0.5, 0.6) is 23.1 Å². The first-order valence-electron chi connectivity index (χ1n) is 9.64. The standard InChI is InChI=1S/C25H18N2O4/c1-31-22-13-19(26-25(27-22)24-20(29)11-16(28)12-21(24)30)23-17-8-4-2-6-14(17)10-15-7-3-5-9-18(15)23/h2-13,28-30H,1H3. The summed E-state index contributed by atoms with van der Waals surface area (Å²) in [6.07, 6.45) is 0. The third kappa shape index (κ3) is 3.14. The Hall–Kier alpha value is -4.32. The molecule has 31 heavy (non-hydrogen) atoms. The van der Waals surface area contributed by atoms with Gasteiger partial charge in [0.2, 0.25) is 5.88 Å². The van der Waals surface area contributed by atoms with E-state index < -0.39 is 0 Å². The van der Waals surface area contributed by atoms with Gasteiger partial charge in [0.1, 0.15) is 22.8 Å². The summed E-state index contributed by atoms with van der Waals surface area (Å²) in [6, 6.07) is 22.2. The summed E-state index contributed by atoms with van der Waals surface area (Å²) in [4.78, 5) is 9.00. The Balaban J connectivity index is 1.87. The first-order chi connectivity index (χ1) is 15.0. The van der Waals surface area contributed by atoms with Crippen LogP contribution in [-0.2, 0) is 0 Å². The predicted octanol–water partition coefficient (Wildman–Crippen LogP) is 5.24. The van der Waals surface area contributed by atoms with Gasteiger partial charge < -0.3 is 20.1 Å². The van der Waals surface area contributed by atoms with Crippen molar-refractivity contribution >= 4 is 21.5 Å². The molecule has 4 aromatic carbocycles. The molecule has 6 heteroatoms. The van der Waals surface area contributed by atoms with E-state index in [0.717, 1.165) is 39.2 Å².